The Bertz CT molecular complexity index is 916. The standard InChI is InChI=1S/C26H32N4O2/c1-27(2)23-13-7-20(8-14-23)26(19-30(31)32,21-9-15-24(16-10-21)28(3)4)22-11-17-25(18-12-22)29(5)6/h7-18H,19H2,1-6H3. The molecule has 3 aromatic carbocycles. The van der Waals surface area contributed by atoms with E-state index in [1.807, 2.05) is 130 Å². The Kier molecular flexibility index (Phi) is 6.72. The number of anilines is 3. The predicted octanol–water partition coefficient (Wildman–Crippen LogP) is 4.50. The Hall–Kier alpha value is -3.54. The highest BCUT2D eigenvalue weighted by Crippen LogP contribution is 2.41. The summed E-state index contributed by atoms with van der Waals surface area (Å²) in [6, 6.07) is 24.2. The molecule has 0 heterocycles. The minimum Gasteiger partial charge on any atom is -0.378 e. The van der Waals surface area contributed by atoms with Gasteiger partial charge in [-0.2, -0.15) is 0 Å². The van der Waals surface area contributed by atoms with E-state index in [9.17, 15) is 10.1 Å². The maximum atomic E-state index is 12.0. The lowest BCUT2D eigenvalue weighted by atomic mass is 9.69. The summed E-state index contributed by atoms with van der Waals surface area (Å²) in [7, 11) is 11.9. The van der Waals surface area contributed by atoms with Crippen LogP contribution in [-0.2, 0) is 5.41 Å². The molecule has 0 aliphatic rings. The Morgan fingerprint density at radius 2 is 0.844 bits per heavy atom. The molecule has 6 nitrogen and oxygen atoms in total. The highest BCUT2D eigenvalue weighted by Gasteiger charge is 2.41. The zero-order chi connectivity index (χ0) is 23.5. The molecule has 0 atom stereocenters. The zero-order valence-corrected chi connectivity index (χ0v) is 19.7. The molecule has 0 bridgehead atoms. The van der Waals surface area contributed by atoms with Crippen LogP contribution in [0.4, 0.5) is 17.1 Å². The maximum Gasteiger partial charge on any atom is 0.221 e. The molecule has 3 aromatic rings. The van der Waals surface area contributed by atoms with Crippen LogP contribution in [0.3, 0.4) is 0 Å². The molecular weight excluding hydrogens is 400 g/mol. The second-order valence-corrected chi connectivity index (χ2v) is 8.72. The van der Waals surface area contributed by atoms with E-state index >= 15 is 0 Å². The minimum atomic E-state index is -0.913. The Morgan fingerprint density at radius 3 is 1.03 bits per heavy atom. The molecule has 0 radical (unpaired) electrons. The largest absolute Gasteiger partial charge is 0.378 e. The van der Waals surface area contributed by atoms with Gasteiger partial charge >= 0.3 is 0 Å². The zero-order valence-electron chi connectivity index (χ0n) is 19.7. The van der Waals surface area contributed by atoms with Crippen molar-refractivity contribution in [2.75, 3.05) is 63.5 Å². The summed E-state index contributed by atoms with van der Waals surface area (Å²) in [5.74, 6) is 0. The fourth-order valence-corrected chi connectivity index (χ4v) is 4.10. The molecule has 3 rings (SSSR count). The lowest BCUT2D eigenvalue weighted by Gasteiger charge is -2.33. The Balaban J connectivity index is 2.28. The number of rotatable bonds is 8. The fourth-order valence-electron chi connectivity index (χ4n) is 4.10. The number of hydrogen-bond donors (Lipinski definition) is 0. The third kappa shape index (κ3) is 4.54. The molecule has 0 saturated carbocycles. The maximum absolute atomic E-state index is 12.0. The van der Waals surface area contributed by atoms with Crippen molar-refractivity contribution in [3.8, 4) is 0 Å². The van der Waals surface area contributed by atoms with Crippen molar-refractivity contribution in [2.24, 2.45) is 0 Å². The SMILES string of the molecule is CN(C)c1ccc(C(C[N+](=O)[O-])(c2ccc(N(C)C)cc2)c2ccc(N(C)C)cc2)cc1. The van der Waals surface area contributed by atoms with Crippen molar-refractivity contribution < 1.29 is 4.92 Å². The molecule has 6 heteroatoms. The second kappa shape index (κ2) is 9.30. The summed E-state index contributed by atoms with van der Waals surface area (Å²) in [5.41, 5.74) is 4.93. The summed E-state index contributed by atoms with van der Waals surface area (Å²) in [6.07, 6.45) is 0. The van der Waals surface area contributed by atoms with Gasteiger partial charge in [0.05, 0.1) is 0 Å². The molecule has 0 aliphatic carbocycles. The van der Waals surface area contributed by atoms with Gasteiger partial charge in [-0.3, -0.25) is 10.1 Å². The highest BCUT2D eigenvalue weighted by atomic mass is 16.6. The molecule has 0 unspecified atom stereocenters. The van der Waals surface area contributed by atoms with Crippen molar-refractivity contribution in [3.05, 3.63) is 99.6 Å². The number of benzene rings is 3. The van der Waals surface area contributed by atoms with E-state index in [1.54, 1.807) is 0 Å². The van der Waals surface area contributed by atoms with E-state index in [4.69, 9.17) is 0 Å². The minimum absolute atomic E-state index is 0.209. The van der Waals surface area contributed by atoms with Gasteiger partial charge in [0.25, 0.3) is 0 Å². The van der Waals surface area contributed by atoms with E-state index in [0.717, 1.165) is 33.8 Å². The van der Waals surface area contributed by atoms with E-state index in [0.29, 0.717) is 0 Å². The van der Waals surface area contributed by atoms with Gasteiger partial charge in [-0.1, -0.05) is 36.4 Å². The predicted molar refractivity (Wildman–Crippen MR) is 134 cm³/mol. The first-order chi connectivity index (χ1) is 15.1. The van der Waals surface area contributed by atoms with Crippen molar-refractivity contribution in [3.63, 3.8) is 0 Å². The molecule has 0 aliphatic heterocycles. The molecule has 32 heavy (non-hydrogen) atoms. The lowest BCUT2D eigenvalue weighted by molar-refractivity contribution is -0.486. The molecule has 0 fully saturated rings. The summed E-state index contributed by atoms with van der Waals surface area (Å²) >= 11 is 0. The quantitative estimate of drug-likeness (QED) is 0.298. The first kappa shape index (κ1) is 23.1. The average molecular weight is 433 g/mol. The van der Waals surface area contributed by atoms with Crippen molar-refractivity contribution in [1.82, 2.24) is 0 Å². The van der Waals surface area contributed by atoms with Crippen LogP contribution in [0.15, 0.2) is 72.8 Å². The fraction of sp³-hybridized carbons (Fsp3) is 0.308. The molecule has 0 saturated heterocycles. The topological polar surface area (TPSA) is 52.9 Å². The summed E-state index contributed by atoms with van der Waals surface area (Å²) < 4.78 is 0. The van der Waals surface area contributed by atoms with Crippen LogP contribution in [0.5, 0.6) is 0 Å². The Morgan fingerprint density at radius 1 is 0.594 bits per heavy atom. The summed E-state index contributed by atoms with van der Waals surface area (Å²) in [4.78, 5) is 17.9. The van der Waals surface area contributed by atoms with Gasteiger partial charge < -0.3 is 14.7 Å². The molecule has 0 N–H and O–H groups in total. The van der Waals surface area contributed by atoms with Crippen LogP contribution >= 0.6 is 0 Å². The molecule has 0 aromatic heterocycles. The van der Waals surface area contributed by atoms with Crippen molar-refractivity contribution in [2.45, 2.75) is 5.41 Å². The van der Waals surface area contributed by atoms with Crippen molar-refractivity contribution >= 4 is 17.1 Å². The van der Waals surface area contributed by atoms with Gasteiger partial charge in [-0.05, 0) is 53.1 Å². The van der Waals surface area contributed by atoms with Crippen LogP contribution in [0.1, 0.15) is 16.7 Å². The van der Waals surface area contributed by atoms with E-state index < -0.39 is 5.41 Å². The highest BCUT2D eigenvalue weighted by molar-refractivity contribution is 5.59. The van der Waals surface area contributed by atoms with Crippen LogP contribution in [0, 0.1) is 10.1 Å². The van der Waals surface area contributed by atoms with Gasteiger partial charge in [-0.25, -0.2) is 0 Å². The van der Waals surface area contributed by atoms with Gasteiger partial charge in [0.1, 0.15) is 5.41 Å². The number of hydrogen-bond acceptors (Lipinski definition) is 5. The van der Waals surface area contributed by atoms with Crippen LogP contribution < -0.4 is 14.7 Å². The lowest BCUT2D eigenvalue weighted by Crippen LogP contribution is -2.37. The summed E-state index contributed by atoms with van der Waals surface area (Å²) in [5, 5.41) is 12.0. The molecule has 0 amide bonds. The van der Waals surface area contributed by atoms with Gasteiger partial charge in [0.15, 0.2) is 0 Å². The third-order valence-corrected chi connectivity index (χ3v) is 6.00. The molecular formula is C26H32N4O2. The second-order valence-electron chi connectivity index (χ2n) is 8.72. The molecule has 0 spiro atoms. The average Bonchev–Trinajstić information content (AvgIpc) is 2.77. The summed E-state index contributed by atoms with van der Waals surface area (Å²) in [6.45, 7) is -0.239. The number of nitro groups is 1. The molecule has 168 valence electrons. The van der Waals surface area contributed by atoms with Gasteiger partial charge in [0.2, 0.25) is 6.54 Å². The first-order valence-electron chi connectivity index (χ1n) is 10.6. The van der Waals surface area contributed by atoms with E-state index in [1.165, 1.54) is 0 Å². The normalized spacial score (nSPS) is 11.2. The first-order valence-corrected chi connectivity index (χ1v) is 10.6. The smallest absolute Gasteiger partial charge is 0.221 e. The van der Waals surface area contributed by atoms with Crippen molar-refractivity contribution in [1.29, 1.82) is 0 Å². The van der Waals surface area contributed by atoms with E-state index in [2.05, 4.69) is 0 Å². The van der Waals surface area contributed by atoms with E-state index in [-0.39, 0.29) is 11.5 Å². The van der Waals surface area contributed by atoms with Gasteiger partial charge in [-0.15, -0.1) is 0 Å². The van der Waals surface area contributed by atoms with Gasteiger partial charge in [0, 0.05) is 64.3 Å². The number of nitrogens with zero attached hydrogens (tertiary/aromatic N) is 4. The van der Waals surface area contributed by atoms with Crippen LogP contribution in [0.25, 0.3) is 0 Å². The van der Waals surface area contributed by atoms with Crippen LogP contribution in [-0.4, -0.2) is 53.8 Å². The van der Waals surface area contributed by atoms with Crippen LogP contribution in [0.2, 0.25) is 0 Å². The third-order valence-electron chi connectivity index (χ3n) is 6.00. The Labute approximate surface area is 190 Å². The monoisotopic (exact) mass is 432 g/mol.